The van der Waals surface area contributed by atoms with Gasteiger partial charge < -0.3 is 4.90 Å². The Morgan fingerprint density at radius 1 is 1.17 bits per heavy atom. The van der Waals surface area contributed by atoms with Gasteiger partial charge in [-0.05, 0) is 30.7 Å². The molecule has 0 bridgehead atoms. The van der Waals surface area contributed by atoms with Crippen molar-refractivity contribution in [3.63, 3.8) is 0 Å². The normalized spacial score (nSPS) is 10.1. The molecule has 0 spiro atoms. The first kappa shape index (κ1) is 14.4. The van der Waals surface area contributed by atoms with E-state index in [4.69, 9.17) is 0 Å². The zero-order chi connectivity index (χ0) is 13.4. The van der Waals surface area contributed by atoms with E-state index < -0.39 is 0 Å². The zero-order valence-electron chi connectivity index (χ0n) is 11.2. The number of hydrogen-bond donors (Lipinski definition) is 0. The minimum atomic E-state index is 0.186. The number of anilines is 1. The first-order chi connectivity index (χ1) is 8.69. The van der Waals surface area contributed by atoms with Crippen molar-refractivity contribution >= 4 is 17.9 Å². The molecule has 0 radical (unpaired) electrons. The highest BCUT2D eigenvalue weighted by molar-refractivity contribution is 5.96. The summed E-state index contributed by atoms with van der Waals surface area (Å²) in [7, 11) is 1.69. The maximum absolute atomic E-state index is 11.9. The second-order valence-corrected chi connectivity index (χ2v) is 4.50. The molecule has 98 valence electrons. The highest BCUT2D eigenvalue weighted by Crippen LogP contribution is 2.15. The van der Waals surface area contributed by atoms with Gasteiger partial charge in [-0.2, -0.15) is 0 Å². The average molecular weight is 247 g/mol. The molecule has 0 N–H and O–H groups in total. The minimum absolute atomic E-state index is 0.186. The minimum Gasteiger partial charge on any atom is -0.318 e. The van der Waals surface area contributed by atoms with E-state index in [0.717, 1.165) is 30.5 Å². The van der Waals surface area contributed by atoms with Crippen molar-refractivity contribution in [2.24, 2.45) is 0 Å². The SMILES string of the molecule is CCCCCCC(=O)c1ccc(N(C)C=O)cc1. The third kappa shape index (κ3) is 4.32. The number of Topliss-reactive ketones (excluding diaryl/α,β-unsaturated/α-hetero) is 1. The number of rotatable bonds is 8. The van der Waals surface area contributed by atoms with Crippen LogP contribution >= 0.6 is 0 Å². The summed E-state index contributed by atoms with van der Waals surface area (Å²) in [6.07, 6.45) is 5.82. The number of carbonyl (C=O) groups is 2. The fourth-order valence-electron chi connectivity index (χ4n) is 1.80. The molecule has 1 aromatic carbocycles. The van der Waals surface area contributed by atoms with Gasteiger partial charge in [-0.3, -0.25) is 9.59 Å². The smallest absolute Gasteiger partial charge is 0.213 e. The number of unbranched alkanes of at least 4 members (excludes halogenated alkanes) is 3. The summed E-state index contributed by atoms with van der Waals surface area (Å²) in [6.45, 7) is 2.16. The van der Waals surface area contributed by atoms with E-state index in [-0.39, 0.29) is 5.78 Å². The third-order valence-electron chi connectivity index (χ3n) is 3.01. The molecule has 1 aromatic rings. The molecule has 1 rings (SSSR count). The average Bonchev–Trinajstić information content (AvgIpc) is 2.42. The number of carbonyl (C=O) groups excluding carboxylic acids is 2. The Hall–Kier alpha value is -1.64. The molecule has 0 aliphatic carbocycles. The van der Waals surface area contributed by atoms with Gasteiger partial charge in [0.1, 0.15) is 0 Å². The van der Waals surface area contributed by atoms with Crippen molar-refractivity contribution in [3.05, 3.63) is 29.8 Å². The summed E-state index contributed by atoms with van der Waals surface area (Å²) in [6, 6.07) is 7.18. The molecule has 0 aliphatic rings. The molecule has 3 heteroatoms. The zero-order valence-corrected chi connectivity index (χ0v) is 11.2. The number of ketones is 1. The lowest BCUT2D eigenvalue weighted by Gasteiger charge is -2.10. The largest absolute Gasteiger partial charge is 0.318 e. The lowest BCUT2D eigenvalue weighted by molar-refractivity contribution is -0.107. The number of nitrogens with zero attached hydrogens (tertiary/aromatic N) is 1. The predicted octanol–water partition coefficient (Wildman–Crippen LogP) is 3.43. The molecule has 0 heterocycles. The number of hydrogen-bond acceptors (Lipinski definition) is 2. The summed E-state index contributed by atoms with van der Waals surface area (Å²) in [4.78, 5) is 23.9. The predicted molar refractivity (Wildman–Crippen MR) is 74.0 cm³/mol. The van der Waals surface area contributed by atoms with E-state index >= 15 is 0 Å². The first-order valence-corrected chi connectivity index (χ1v) is 6.50. The maximum atomic E-state index is 11.9. The van der Waals surface area contributed by atoms with Gasteiger partial charge in [-0.1, -0.05) is 26.2 Å². The van der Waals surface area contributed by atoms with Crippen LogP contribution in [0.4, 0.5) is 5.69 Å². The van der Waals surface area contributed by atoms with Crippen LogP contribution in [0.3, 0.4) is 0 Å². The first-order valence-electron chi connectivity index (χ1n) is 6.50. The van der Waals surface area contributed by atoms with Crippen LogP contribution in [0.25, 0.3) is 0 Å². The molecule has 0 fully saturated rings. The quantitative estimate of drug-likeness (QED) is 0.401. The van der Waals surface area contributed by atoms with E-state index in [1.54, 1.807) is 31.3 Å². The summed E-state index contributed by atoms with van der Waals surface area (Å²) in [5.74, 6) is 0.186. The van der Waals surface area contributed by atoms with Gasteiger partial charge in [-0.25, -0.2) is 0 Å². The fourth-order valence-corrected chi connectivity index (χ4v) is 1.80. The van der Waals surface area contributed by atoms with Crippen LogP contribution in [-0.2, 0) is 4.79 Å². The molecule has 0 aromatic heterocycles. The van der Waals surface area contributed by atoms with Gasteiger partial charge in [-0.15, -0.1) is 0 Å². The Morgan fingerprint density at radius 2 is 1.83 bits per heavy atom. The van der Waals surface area contributed by atoms with Gasteiger partial charge in [0.05, 0.1) is 0 Å². The summed E-state index contributed by atoms with van der Waals surface area (Å²) < 4.78 is 0. The van der Waals surface area contributed by atoms with Gasteiger partial charge in [0.2, 0.25) is 6.41 Å². The monoisotopic (exact) mass is 247 g/mol. The Morgan fingerprint density at radius 3 is 2.39 bits per heavy atom. The second-order valence-electron chi connectivity index (χ2n) is 4.50. The Labute approximate surface area is 109 Å². The van der Waals surface area contributed by atoms with Gasteiger partial charge >= 0.3 is 0 Å². The topological polar surface area (TPSA) is 37.4 Å². The maximum Gasteiger partial charge on any atom is 0.213 e. The van der Waals surface area contributed by atoms with Crippen molar-refractivity contribution in [3.8, 4) is 0 Å². The lowest BCUT2D eigenvalue weighted by Crippen LogP contribution is -2.13. The summed E-state index contributed by atoms with van der Waals surface area (Å²) in [5, 5.41) is 0. The molecule has 3 nitrogen and oxygen atoms in total. The van der Waals surface area contributed by atoms with E-state index in [2.05, 4.69) is 6.92 Å². The van der Waals surface area contributed by atoms with E-state index in [9.17, 15) is 9.59 Å². The van der Waals surface area contributed by atoms with Crippen molar-refractivity contribution in [1.82, 2.24) is 0 Å². The summed E-state index contributed by atoms with van der Waals surface area (Å²) >= 11 is 0. The Bertz CT molecular complexity index is 384. The van der Waals surface area contributed by atoms with Crippen LogP contribution in [-0.4, -0.2) is 19.2 Å². The number of benzene rings is 1. The van der Waals surface area contributed by atoms with Crippen LogP contribution in [0.1, 0.15) is 49.4 Å². The van der Waals surface area contributed by atoms with Crippen molar-refractivity contribution < 1.29 is 9.59 Å². The van der Waals surface area contributed by atoms with Crippen molar-refractivity contribution in [2.75, 3.05) is 11.9 Å². The highest BCUT2D eigenvalue weighted by Gasteiger charge is 2.06. The molecule has 0 saturated carbocycles. The van der Waals surface area contributed by atoms with Crippen LogP contribution in [0.2, 0.25) is 0 Å². The van der Waals surface area contributed by atoms with Gasteiger partial charge in [0.15, 0.2) is 5.78 Å². The van der Waals surface area contributed by atoms with Crippen LogP contribution < -0.4 is 4.90 Å². The van der Waals surface area contributed by atoms with E-state index in [1.807, 2.05) is 0 Å². The standard InChI is InChI=1S/C15H21NO2/c1-3-4-5-6-7-15(18)13-8-10-14(11-9-13)16(2)12-17/h8-12H,3-7H2,1-2H3. The van der Waals surface area contributed by atoms with Gasteiger partial charge in [0, 0.05) is 24.7 Å². The Kier molecular flexibility index (Phi) is 6.12. The molecule has 18 heavy (non-hydrogen) atoms. The van der Waals surface area contributed by atoms with E-state index in [1.165, 1.54) is 17.7 Å². The molecule has 0 aliphatic heterocycles. The van der Waals surface area contributed by atoms with Crippen LogP contribution in [0.15, 0.2) is 24.3 Å². The fraction of sp³-hybridized carbons (Fsp3) is 0.467. The molecule has 0 atom stereocenters. The lowest BCUT2D eigenvalue weighted by atomic mass is 10.0. The molecular weight excluding hydrogens is 226 g/mol. The highest BCUT2D eigenvalue weighted by atomic mass is 16.1. The van der Waals surface area contributed by atoms with Crippen LogP contribution in [0, 0.1) is 0 Å². The molecule has 0 unspecified atom stereocenters. The number of amides is 1. The second kappa shape index (κ2) is 7.64. The molecule has 0 saturated heterocycles. The Balaban J connectivity index is 2.51. The van der Waals surface area contributed by atoms with E-state index in [0.29, 0.717) is 6.42 Å². The third-order valence-corrected chi connectivity index (χ3v) is 3.01. The molecule has 1 amide bonds. The van der Waals surface area contributed by atoms with Crippen LogP contribution in [0.5, 0.6) is 0 Å². The van der Waals surface area contributed by atoms with Crippen molar-refractivity contribution in [2.45, 2.75) is 39.0 Å². The summed E-state index contributed by atoms with van der Waals surface area (Å²) in [5.41, 5.74) is 1.53. The van der Waals surface area contributed by atoms with Crippen molar-refractivity contribution in [1.29, 1.82) is 0 Å². The molecular formula is C15H21NO2. The van der Waals surface area contributed by atoms with Gasteiger partial charge in [0.25, 0.3) is 0 Å².